The summed E-state index contributed by atoms with van der Waals surface area (Å²) in [6.07, 6.45) is 0. The normalized spacial score (nSPS) is 16.6. The van der Waals surface area contributed by atoms with Crippen LogP contribution in [0, 0.1) is 0 Å². The van der Waals surface area contributed by atoms with Crippen molar-refractivity contribution in [1.82, 2.24) is 0 Å². The number of ether oxygens (including phenoxy) is 1. The fraction of sp³-hybridized carbons (Fsp3) is 0.259. The zero-order valence-electron chi connectivity index (χ0n) is 18.4. The number of carbonyl (C=O) groups is 2. The Hall–Kier alpha value is -3.11. The van der Waals surface area contributed by atoms with Gasteiger partial charge in [-0.2, -0.15) is 0 Å². The number of amides is 1. The third kappa shape index (κ3) is 4.56. The molecule has 2 atom stereocenters. The molecule has 2 unspecified atom stereocenters. The minimum atomic E-state index is -0.803. The van der Waals surface area contributed by atoms with E-state index in [1.165, 1.54) is 0 Å². The maximum atomic E-state index is 13.8. The minimum Gasteiger partial charge on any atom is -0.459 e. The average molecular weight is 448 g/mol. The van der Waals surface area contributed by atoms with Crippen LogP contribution in [-0.4, -0.2) is 17.5 Å². The molecule has 4 rings (SSSR count). The topological polar surface area (TPSA) is 46.6 Å². The molecule has 32 heavy (non-hydrogen) atoms. The maximum absolute atomic E-state index is 13.8. The number of fused-ring (bicyclic) bond motifs is 1. The number of hydrogen-bond donors (Lipinski definition) is 0. The SMILES string of the molecule is CC(C)(C)OC(=O)C(c1cccc(Cl)c1)C1C(=O)N(Cc2ccccc2)c2ccccc21. The molecule has 5 heteroatoms. The van der Waals surface area contributed by atoms with Crippen molar-refractivity contribution < 1.29 is 14.3 Å². The molecule has 3 aromatic rings. The van der Waals surface area contributed by atoms with Crippen LogP contribution < -0.4 is 4.90 Å². The molecule has 1 aliphatic rings. The number of hydrogen-bond acceptors (Lipinski definition) is 3. The van der Waals surface area contributed by atoms with Gasteiger partial charge >= 0.3 is 5.97 Å². The van der Waals surface area contributed by atoms with Gasteiger partial charge in [0.15, 0.2) is 0 Å². The van der Waals surface area contributed by atoms with Gasteiger partial charge in [0.1, 0.15) is 5.60 Å². The summed E-state index contributed by atoms with van der Waals surface area (Å²) in [7, 11) is 0. The first-order chi connectivity index (χ1) is 15.2. The predicted molar refractivity (Wildman–Crippen MR) is 127 cm³/mol. The van der Waals surface area contributed by atoms with E-state index in [-0.39, 0.29) is 5.91 Å². The summed E-state index contributed by atoms with van der Waals surface area (Å²) < 4.78 is 5.77. The van der Waals surface area contributed by atoms with Crippen LogP contribution in [-0.2, 0) is 20.9 Å². The summed E-state index contributed by atoms with van der Waals surface area (Å²) in [6, 6.07) is 24.6. The molecule has 164 valence electrons. The molecule has 0 bridgehead atoms. The van der Waals surface area contributed by atoms with Gasteiger partial charge in [-0.15, -0.1) is 0 Å². The molecule has 3 aromatic carbocycles. The Bertz CT molecular complexity index is 1140. The number of halogens is 1. The Morgan fingerprint density at radius 2 is 1.69 bits per heavy atom. The highest BCUT2D eigenvalue weighted by atomic mass is 35.5. The van der Waals surface area contributed by atoms with Crippen LogP contribution in [0.15, 0.2) is 78.9 Å². The standard InChI is InChI=1S/C27H26ClNO3/c1-27(2,3)32-26(31)23(19-12-9-13-20(28)16-19)24-21-14-7-8-15-22(21)29(25(24)30)17-18-10-5-4-6-11-18/h4-16,23-24H,17H2,1-3H3. The highest BCUT2D eigenvalue weighted by Gasteiger charge is 2.46. The van der Waals surface area contributed by atoms with Gasteiger partial charge in [0.05, 0.1) is 18.4 Å². The van der Waals surface area contributed by atoms with Gasteiger partial charge in [-0.3, -0.25) is 9.59 Å². The summed E-state index contributed by atoms with van der Waals surface area (Å²) in [5.41, 5.74) is 2.65. The highest BCUT2D eigenvalue weighted by Crippen LogP contribution is 2.46. The number of benzene rings is 3. The fourth-order valence-electron chi connectivity index (χ4n) is 4.20. The Kier molecular flexibility index (Phi) is 6.07. The number of carbonyl (C=O) groups excluding carboxylic acids is 2. The van der Waals surface area contributed by atoms with Crippen LogP contribution in [0.1, 0.15) is 49.3 Å². The Morgan fingerprint density at radius 1 is 1.00 bits per heavy atom. The van der Waals surface area contributed by atoms with Crippen LogP contribution in [0.25, 0.3) is 0 Å². The average Bonchev–Trinajstić information content (AvgIpc) is 3.00. The van der Waals surface area contributed by atoms with Crippen molar-refractivity contribution in [3.8, 4) is 0 Å². The Labute approximate surface area is 193 Å². The van der Waals surface area contributed by atoms with Crippen LogP contribution in [0.2, 0.25) is 5.02 Å². The van der Waals surface area contributed by atoms with E-state index in [2.05, 4.69) is 0 Å². The van der Waals surface area contributed by atoms with E-state index < -0.39 is 23.4 Å². The van der Waals surface area contributed by atoms with Gasteiger partial charge < -0.3 is 9.64 Å². The number of rotatable bonds is 5. The van der Waals surface area contributed by atoms with E-state index in [9.17, 15) is 9.59 Å². The van der Waals surface area contributed by atoms with Crippen molar-refractivity contribution in [3.05, 3.63) is 101 Å². The molecule has 1 aliphatic heterocycles. The van der Waals surface area contributed by atoms with Crippen LogP contribution in [0.4, 0.5) is 5.69 Å². The van der Waals surface area contributed by atoms with E-state index in [1.54, 1.807) is 23.1 Å². The van der Waals surface area contributed by atoms with Crippen molar-refractivity contribution >= 4 is 29.2 Å². The van der Waals surface area contributed by atoms with Gasteiger partial charge in [-0.25, -0.2) is 0 Å². The van der Waals surface area contributed by atoms with E-state index >= 15 is 0 Å². The molecule has 1 amide bonds. The van der Waals surface area contributed by atoms with Crippen molar-refractivity contribution in [2.45, 2.75) is 44.8 Å². The van der Waals surface area contributed by atoms with Crippen LogP contribution >= 0.6 is 11.6 Å². The quantitative estimate of drug-likeness (QED) is 0.444. The number of anilines is 1. The summed E-state index contributed by atoms with van der Waals surface area (Å²) in [4.78, 5) is 29.0. The molecular formula is C27H26ClNO3. The number of para-hydroxylation sites is 1. The lowest BCUT2D eigenvalue weighted by Gasteiger charge is -2.27. The zero-order valence-corrected chi connectivity index (χ0v) is 19.2. The van der Waals surface area contributed by atoms with Gasteiger partial charge in [-0.1, -0.05) is 72.3 Å². The molecule has 0 aliphatic carbocycles. The minimum absolute atomic E-state index is 0.120. The Morgan fingerprint density at radius 3 is 2.38 bits per heavy atom. The second kappa shape index (κ2) is 8.79. The lowest BCUT2D eigenvalue weighted by Crippen LogP contribution is -2.35. The summed E-state index contributed by atoms with van der Waals surface area (Å²) >= 11 is 6.26. The molecule has 4 nitrogen and oxygen atoms in total. The first kappa shape index (κ1) is 22.1. The van der Waals surface area contributed by atoms with Crippen molar-refractivity contribution in [2.75, 3.05) is 4.90 Å². The summed E-state index contributed by atoms with van der Waals surface area (Å²) in [6.45, 7) is 5.91. The van der Waals surface area contributed by atoms with Gasteiger partial charge in [-0.05, 0) is 55.7 Å². The van der Waals surface area contributed by atoms with E-state index in [0.29, 0.717) is 17.1 Å². The first-order valence-electron chi connectivity index (χ1n) is 10.7. The van der Waals surface area contributed by atoms with E-state index in [1.807, 2.05) is 81.4 Å². The molecule has 0 N–H and O–H groups in total. The third-order valence-corrected chi connectivity index (χ3v) is 5.72. The molecule has 0 aromatic heterocycles. The molecule has 0 saturated carbocycles. The summed E-state index contributed by atoms with van der Waals surface area (Å²) in [5, 5.41) is 0.510. The molecule has 0 spiro atoms. The van der Waals surface area contributed by atoms with Gasteiger partial charge in [0.2, 0.25) is 5.91 Å². The molecule has 0 saturated heterocycles. The smallest absolute Gasteiger partial charge is 0.315 e. The van der Waals surface area contributed by atoms with Gasteiger partial charge in [0, 0.05) is 10.7 Å². The molecular weight excluding hydrogens is 422 g/mol. The highest BCUT2D eigenvalue weighted by molar-refractivity contribution is 6.30. The predicted octanol–water partition coefficient (Wildman–Crippen LogP) is 6.10. The lowest BCUT2D eigenvalue weighted by molar-refractivity contribution is -0.158. The van der Waals surface area contributed by atoms with Crippen molar-refractivity contribution in [2.24, 2.45) is 0 Å². The molecule has 1 heterocycles. The second-order valence-electron chi connectivity index (χ2n) is 9.01. The van der Waals surface area contributed by atoms with Crippen LogP contribution in [0.5, 0.6) is 0 Å². The fourth-order valence-corrected chi connectivity index (χ4v) is 4.40. The largest absolute Gasteiger partial charge is 0.459 e. The third-order valence-electron chi connectivity index (χ3n) is 5.48. The molecule has 0 fully saturated rings. The van der Waals surface area contributed by atoms with E-state index in [4.69, 9.17) is 16.3 Å². The lowest BCUT2D eigenvalue weighted by atomic mass is 9.82. The van der Waals surface area contributed by atoms with E-state index in [0.717, 1.165) is 16.8 Å². The van der Waals surface area contributed by atoms with Crippen molar-refractivity contribution in [1.29, 1.82) is 0 Å². The Balaban J connectivity index is 1.80. The molecule has 0 radical (unpaired) electrons. The number of nitrogens with zero attached hydrogens (tertiary/aromatic N) is 1. The number of esters is 1. The zero-order chi connectivity index (χ0) is 22.9. The summed E-state index contributed by atoms with van der Waals surface area (Å²) in [5.74, 6) is -2.05. The second-order valence-corrected chi connectivity index (χ2v) is 9.45. The maximum Gasteiger partial charge on any atom is 0.315 e. The first-order valence-corrected chi connectivity index (χ1v) is 11.0. The van der Waals surface area contributed by atoms with Crippen molar-refractivity contribution in [3.63, 3.8) is 0 Å². The monoisotopic (exact) mass is 447 g/mol. The van der Waals surface area contributed by atoms with Gasteiger partial charge in [0.25, 0.3) is 0 Å². The van der Waals surface area contributed by atoms with Crippen LogP contribution in [0.3, 0.4) is 0 Å².